The Morgan fingerprint density at radius 2 is 1.95 bits per heavy atom. The van der Waals surface area contributed by atoms with E-state index in [4.69, 9.17) is 0 Å². The molecule has 0 radical (unpaired) electrons. The van der Waals surface area contributed by atoms with Crippen molar-refractivity contribution in [3.63, 3.8) is 0 Å². The maximum Gasteiger partial charge on any atom is 0.418 e. The lowest BCUT2D eigenvalue weighted by atomic mass is 10.1. The number of halogens is 3. The van der Waals surface area contributed by atoms with Gasteiger partial charge in [-0.25, -0.2) is 4.68 Å². The Hall–Kier alpha value is -2.11. The lowest BCUT2D eigenvalue weighted by Crippen LogP contribution is -2.13. The second-order valence-electron chi connectivity index (χ2n) is 4.81. The molecule has 1 heterocycles. The van der Waals surface area contributed by atoms with Gasteiger partial charge in [0.25, 0.3) is 0 Å². The Balaban J connectivity index is 2.72. The van der Waals surface area contributed by atoms with Crippen molar-refractivity contribution in [1.29, 1.82) is 0 Å². The number of hydrogen-bond donors (Lipinski definition) is 0. The van der Waals surface area contributed by atoms with Gasteiger partial charge in [-0.3, -0.25) is 4.79 Å². The van der Waals surface area contributed by atoms with Crippen molar-refractivity contribution in [2.75, 3.05) is 0 Å². The van der Waals surface area contributed by atoms with Crippen LogP contribution in [0.15, 0.2) is 18.2 Å². The first kappa shape index (κ1) is 15.3. The van der Waals surface area contributed by atoms with Gasteiger partial charge in [-0.05, 0) is 44.0 Å². The van der Waals surface area contributed by atoms with E-state index in [0.717, 1.165) is 11.6 Å². The fraction of sp³-hybridized carbons (Fsp3) is 0.333. The van der Waals surface area contributed by atoms with Gasteiger partial charge in [-0.2, -0.15) is 18.3 Å². The maximum atomic E-state index is 13.2. The van der Waals surface area contributed by atoms with Gasteiger partial charge in [-0.1, -0.05) is 6.92 Å². The monoisotopic (exact) mass is 296 g/mol. The Labute approximate surface area is 120 Å². The highest BCUT2D eigenvalue weighted by Crippen LogP contribution is 2.35. The summed E-state index contributed by atoms with van der Waals surface area (Å²) in [6.45, 7) is 5.45. The summed E-state index contributed by atoms with van der Waals surface area (Å²) >= 11 is 0. The minimum atomic E-state index is -4.55. The second kappa shape index (κ2) is 5.35. The molecule has 0 aliphatic heterocycles. The van der Waals surface area contributed by atoms with Crippen LogP contribution in [-0.4, -0.2) is 16.1 Å². The molecular formula is C15H15F3N2O. The lowest BCUT2D eigenvalue weighted by Gasteiger charge is -2.14. The fourth-order valence-electron chi connectivity index (χ4n) is 2.46. The molecule has 0 aliphatic carbocycles. The minimum Gasteiger partial charge on any atom is -0.298 e. The average molecular weight is 296 g/mol. The summed E-state index contributed by atoms with van der Waals surface area (Å²) in [5.41, 5.74) is 1.39. The van der Waals surface area contributed by atoms with Gasteiger partial charge < -0.3 is 0 Å². The first-order chi connectivity index (χ1) is 9.79. The van der Waals surface area contributed by atoms with Gasteiger partial charge in [0, 0.05) is 11.3 Å². The van der Waals surface area contributed by atoms with Crippen LogP contribution in [-0.2, 0) is 12.6 Å². The third-order valence-corrected chi connectivity index (χ3v) is 3.49. The van der Waals surface area contributed by atoms with Crippen LogP contribution < -0.4 is 0 Å². The van der Waals surface area contributed by atoms with Gasteiger partial charge in [0.2, 0.25) is 0 Å². The standard InChI is InChI=1S/C15H15F3N2O/c1-4-12-9(2)19-20(10(12)3)14-6-5-11(8-21)7-13(14)15(16,17)18/h5-8H,4H2,1-3H3. The number of rotatable bonds is 3. The van der Waals surface area contributed by atoms with Crippen molar-refractivity contribution in [2.45, 2.75) is 33.4 Å². The molecule has 0 unspecified atom stereocenters. The molecule has 21 heavy (non-hydrogen) atoms. The molecule has 2 rings (SSSR count). The van der Waals surface area contributed by atoms with E-state index in [1.165, 1.54) is 16.8 Å². The topological polar surface area (TPSA) is 34.9 Å². The van der Waals surface area contributed by atoms with Crippen molar-refractivity contribution >= 4 is 6.29 Å². The SMILES string of the molecule is CCc1c(C)nn(-c2ccc(C=O)cc2C(F)(F)F)c1C. The zero-order chi connectivity index (χ0) is 15.8. The molecule has 0 spiro atoms. The quantitative estimate of drug-likeness (QED) is 0.806. The Bertz CT molecular complexity index is 687. The van der Waals surface area contributed by atoms with Crippen molar-refractivity contribution in [3.8, 4) is 5.69 Å². The van der Waals surface area contributed by atoms with Crippen molar-refractivity contribution in [2.24, 2.45) is 0 Å². The molecule has 0 amide bonds. The predicted molar refractivity (Wildman–Crippen MR) is 72.8 cm³/mol. The summed E-state index contributed by atoms with van der Waals surface area (Å²) in [6.07, 6.45) is -3.45. The van der Waals surface area contributed by atoms with Gasteiger partial charge in [0.05, 0.1) is 16.9 Å². The number of aryl methyl sites for hydroxylation is 1. The second-order valence-corrected chi connectivity index (χ2v) is 4.81. The van der Waals surface area contributed by atoms with Gasteiger partial charge in [0.1, 0.15) is 6.29 Å². The lowest BCUT2D eigenvalue weighted by molar-refractivity contribution is -0.137. The molecule has 112 valence electrons. The van der Waals surface area contributed by atoms with Gasteiger partial charge >= 0.3 is 6.18 Å². The molecule has 0 fully saturated rings. The van der Waals surface area contributed by atoms with Crippen LogP contribution in [0.5, 0.6) is 0 Å². The smallest absolute Gasteiger partial charge is 0.298 e. The molecule has 6 heteroatoms. The maximum absolute atomic E-state index is 13.2. The molecule has 0 bridgehead atoms. The number of aromatic nitrogens is 2. The number of alkyl halides is 3. The molecule has 0 saturated heterocycles. The van der Waals surface area contributed by atoms with Gasteiger partial charge in [-0.15, -0.1) is 0 Å². The molecule has 1 aromatic carbocycles. The molecule has 0 N–H and O–H groups in total. The van der Waals surface area contributed by atoms with Crippen LogP contribution in [0.1, 0.15) is 39.8 Å². The zero-order valence-corrected chi connectivity index (χ0v) is 12.0. The zero-order valence-electron chi connectivity index (χ0n) is 12.0. The number of aldehydes is 1. The third kappa shape index (κ3) is 2.70. The van der Waals surface area contributed by atoms with E-state index >= 15 is 0 Å². The van der Waals surface area contributed by atoms with Crippen LogP contribution in [0, 0.1) is 13.8 Å². The molecule has 2 aromatic rings. The molecule has 0 aliphatic rings. The molecule has 0 saturated carbocycles. The van der Waals surface area contributed by atoms with E-state index in [9.17, 15) is 18.0 Å². The largest absolute Gasteiger partial charge is 0.418 e. The van der Waals surface area contributed by atoms with Crippen LogP contribution in [0.3, 0.4) is 0 Å². The van der Waals surface area contributed by atoms with E-state index in [1.807, 2.05) is 6.92 Å². The van der Waals surface area contributed by atoms with Crippen molar-refractivity contribution < 1.29 is 18.0 Å². The summed E-state index contributed by atoms with van der Waals surface area (Å²) in [4.78, 5) is 10.7. The minimum absolute atomic E-state index is 0.0108. The van der Waals surface area contributed by atoms with Crippen molar-refractivity contribution in [1.82, 2.24) is 9.78 Å². The van der Waals surface area contributed by atoms with Crippen LogP contribution >= 0.6 is 0 Å². The molecular weight excluding hydrogens is 281 g/mol. The van der Waals surface area contributed by atoms with E-state index in [-0.39, 0.29) is 11.3 Å². The van der Waals surface area contributed by atoms with Crippen LogP contribution in [0.25, 0.3) is 5.69 Å². The summed E-state index contributed by atoms with van der Waals surface area (Å²) in [5, 5.41) is 4.21. The van der Waals surface area contributed by atoms with E-state index in [0.29, 0.717) is 24.1 Å². The molecule has 0 atom stereocenters. The number of benzene rings is 1. The summed E-state index contributed by atoms with van der Waals surface area (Å²) in [6, 6.07) is 3.50. The van der Waals surface area contributed by atoms with E-state index in [1.54, 1.807) is 13.8 Å². The van der Waals surface area contributed by atoms with E-state index < -0.39 is 11.7 Å². The number of hydrogen-bond acceptors (Lipinski definition) is 2. The van der Waals surface area contributed by atoms with E-state index in [2.05, 4.69) is 5.10 Å². The first-order valence-electron chi connectivity index (χ1n) is 6.51. The van der Waals surface area contributed by atoms with Crippen LogP contribution in [0.2, 0.25) is 0 Å². The van der Waals surface area contributed by atoms with Crippen LogP contribution in [0.4, 0.5) is 13.2 Å². The summed E-state index contributed by atoms with van der Waals surface area (Å²) in [5.74, 6) is 0. The first-order valence-corrected chi connectivity index (χ1v) is 6.51. The Kier molecular flexibility index (Phi) is 3.89. The Morgan fingerprint density at radius 1 is 1.29 bits per heavy atom. The average Bonchev–Trinajstić information content (AvgIpc) is 2.71. The predicted octanol–water partition coefficient (Wildman–Crippen LogP) is 3.88. The normalized spacial score (nSPS) is 11.7. The number of nitrogens with zero attached hydrogens (tertiary/aromatic N) is 2. The summed E-state index contributed by atoms with van der Waals surface area (Å²) in [7, 11) is 0. The number of carbonyl (C=O) groups excluding carboxylic acids is 1. The molecule has 1 aromatic heterocycles. The highest BCUT2D eigenvalue weighted by molar-refractivity contribution is 5.76. The highest BCUT2D eigenvalue weighted by atomic mass is 19.4. The van der Waals surface area contributed by atoms with Gasteiger partial charge in [0.15, 0.2) is 0 Å². The van der Waals surface area contributed by atoms with Crippen molar-refractivity contribution in [3.05, 3.63) is 46.3 Å². The fourth-order valence-corrected chi connectivity index (χ4v) is 2.46. The third-order valence-electron chi connectivity index (χ3n) is 3.49. The Morgan fingerprint density at radius 3 is 2.43 bits per heavy atom. The number of carbonyl (C=O) groups is 1. The summed E-state index contributed by atoms with van der Waals surface area (Å²) < 4.78 is 40.9. The molecule has 3 nitrogen and oxygen atoms in total. The highest BCUT2D eigenvalue weighted by Gasteiger charge is 2.35.